The number of rotatable bonds is 7. The number of hydrogen-bond acceptors (Lipinski definition) is 7. The number of aromatic hydroxyl groups is 1. The molecule has 8 nitrogen and oxygen atoms in total. The van der Waals surface area contributed by atoms with Crippen molar-refractivity contribution in [1.82, 2.24) is 9.62 Å². The first kappa shape index (κ1) is 27.0. The summed E-state index contributed by atoms with van der Waals surface area (Å²) in [5.74, 6) is -1.17. The van der Waals surface area contributed by atoms with Crippen molar-refractivity contribution < 1.29 is 27.9 Å². The van der Waals surface area contributed by atoms with Crippen LogP contribution in [0, 0.1) is 0 Å². The van der Waals surface area contributed by atoms with E-state index in [0.29, 0.717) is 5.56 Å². The second-order valence-corrected chi connectivity index (χ2v) is 12.3. The van der Waals surface area contributed by atoms with Gasteiger partial charge in [-0.15, -0.1) is 0 Å². The first-order chi connectivity index (χ1) is 16.3. The van der Waals surface area contributed by atoms with Gasteiger partial charge in [0.05, 0.1) is 12.0 Å². The zero-order valence-electron chi connectivity index (χ0n) is 20.3. The Morgan fingerprint density at radius 1 is 1.14 bits per heavy atom. The number of nitrogens with zero attached hydrogens (tertiary/aromatic N) is 1. The van der Waals surface area contributed by atoms with Crippen molar-refractivity contribution >= 4 is 34.5 Å². The third-order valence-electron chi connectivity index (χ3n) is 6.04. The van der Waals surface area contributed by atoms with Crippen molar-refractivity contribution in [1.29, 1.82) is 0 Å². The van der Waals surface area contributed by atoms with Crippen molar-refractivity contribution in [3.8, 4) is 5.75 Å². The zero-order chi connectivity index (χ0) is 26.0. The van der Waals surface area contributed by atoms with Crippen LogP contribution in [0.2, 0.25) is 0 Å². The summed E-state index contributed by atoms with van der Waals surface area (Å²) in [6, 6.07) is 10.9. The second-order valence-electron chi connectivity index (χ2n) is 9.71. The van der Waals surface area contributed by atoms with Crippen molar-refractivity contribution in [2.24, 2.45) is 0 Å². The van der Waals surface area contributed by atoms with E-state index in [1.807, 2.05) is 20.8 Å². The molecule has 1 aliphatic heterocycles. The topological polar surface area (TPSA) is 113 Å². The molecule has 1 unspecified atom stereocenters. The molecule has 0 bridgehead atoms. The second kappa shape index (κ2) is 10.6. The number of sulfonamides is 1. The predicted octanol–water partition coefficient (Wildman–Crippen LogP) is 2.65. The van der Waals surface area contributed by atoms with Gasteiger partial charge in [-0.25, -0.2) is 13.2 Å². The Hall–Kier alpha value is -2.56. The van der Waals surface area contributed by atoms with Crippen molar-refractivity contribution in [3.63, 3.8) is 0 Å². The van der Waals surface area contributed by atoms with E-state index in [4.69, 9.17) is 4.74 Å². The number of amides is 1. The number of esters is 1. The summed E-state index contributed by atoms with van der Waals surface area (Å²) in [5, 5.41) is 11.8. The molecule has 0 aromatic heterocycles. The summed E-state index contributed by atoms with van der Waals surface area (Å²) < 4.78 is 32.9. The monoisotopic (exact) mass is 520 g/mol. The summed E-state index contributed by atoms with van der Waals surface area (Å²) in [7, 11) is -2.76. The van der Waals surface area contributed by atoms with E-state index in [2.05, 4.69) is 17.9 Å². The number of hydrogen-bond donors (Lipinski definition) is 3. The molecule has 10 heteroatoms. The Bertz CT molecular complexity index is 1160. The summed E-state index contributed by atoms with van der Waals surface area (Å²) in [5.41, 5.74) is 1.56. The molecule has 1 saturated heterocycles. The average molecular weight is 521 g/mol. The van der Waals surface area contributed by atoms with E-state index in [-0.39, 0.29) is 40.7 Å². The zero-order valence-corrected chi connectivity index (χ0v) is 22.0. The van der Waals surface area contributed by atoms with Crippen LogP contribution in [0.3, 0.4) is 0 Å². The van der Waals surface area contributed by atoms with Gasteiger partial charge in [0.1, 0.15) is 17.8 Å². The fraction of sp³-hybridized carbons (Fsp3) is 0.440. The molecule has 0 radical (unpaired) electrons. The number of phenols is 1. The number of carbonyl (C=O) groups excluding carboxylic acids is 2. The molecule has 190 valence electrons. The lowest BCUT2D eigenvalue weighted by Crippen LogP contribution is -2.51. The van der Waals surface area contributed by atoms with E-state index in [1.54, 1.807) is 36.4 Å². The highest BCUT2D eigenvalue weighted by atomic mass is 32.2. The smallest absolute Gasteiger partial charge is 0.328 e. The molecular formula is C25H32N2O6S2. The fourth-order valence-electron chi connectivity index (χ4n) is 4.02. The molecule has 0 spiro atoms. The minimum atomic E-state index is -3.97. The van der Waals surface area contributed by atoms with Crippen molar-refractivity contribution in [2.75, 3.05) is 13.7 Å². The molecule has 1 heterocycles. The van der Waals surface area contributed by atoms with Gasteiger partial charge in [0.25, 0.3) is 0 Å². The Balaban J connectivity index is 1.82. The molecule has 0 aliphatic carbocycles. The number of methoxy groups -OCH3 is 1. The highest BCUT2D eigenvalue weighted by molar-refractivity contribution is 7.89. The minimum absolute atomic E-state index is 0.0748. The lowest BCUT2D eigenvalue weighted by Gasteiger charge is -2.26. The fourth-order valence-corrected chi connectivity index (χ4v) is 6.15. The van der Waals surface area contributed by atoms with Gasteiger partial charge in [0, 0.05) is 18.2 Å². The van der Waals surface area contributed by atoms with Crippen LogP contribution in [-0.2, 0) is 36.2 Å². The van der Waals surface area contributed by atoms with Crippen LogP contribution in [0.15, 0.2) is 53.4 Å². The summed E-state index contributed by atoms with van der Waals surface area (Å²) >= 11 is 4.44. The quantitative estimate of drug-likeness (QED) is 0.382. The molecular weight excluding hydrogens is 488 g/mol. The van der Waals surface area contributed by atoms with Crippen LogP contribution >= 0.6 is 12.6 Å². The van der Waals surface area contributed by atoms with Gasteiger partial charge < -0.3 is 15.2 Å². The Morgan fingerprint density at radius 2 is 1.74 bits per heavy atom. The summed E-state index contributed by atoms with van der Waals surface area (Å²) in [4.78, 5) is 25.7. The van der Waals surface area contributed by atoms with Gasteiger partial charge in [0.15, 0.2) is 0 Å². The number of carbonyl (C=O) groups is 2. The number of nitrogens with one attached hydrogen (secondary N) is 1. The molecule has 35 heavy (non-hydrogen) atoms. The Labute approximate surface area is 212 Å². The maximum absolute atomic E-state index is 13.5. The number of thiol groups is 1. The van der Waals surface area contributed by atoms with Crippen molar-refractivity contribution in [3.05, 3.63) is 59.7 Å². The molecule has 0 saturated carbocycles. The molecule has 3 atom stereocenters. The van der Waals surface area contributed by atoms with E-state index in [9.17, 15) is 23.1 Å². The van der Waals surface area contributed by atoms with Crippen LogP contribution in [0.4, 0.5) is 0 Å². The molecule has 2 aromatic carbocycles. The number of phenolic OH excluding ortho intramolecular Hbond substituents is 1. The van der Waals surface area contributed by atoms with Crippen LogP contribution in [0.25, 0.3) is 0 Å². The Morgan fingerprint density at radius 3 is 2.29 bits per heavy atom. The average Bonchev–Trinajstić information content (AvgIpc) is 3.21. The predicted molar refractivity (Wildman–Crippen MR) is 136 cm³/mol. The SMILES string of the molecule is COC(=O)C(Cc1ccc(O)cc1)NC(=O)[C@@H]1C[C@H](S)CN1S(=O)(=O)c1ccc(C(C)(C)C)cc1. The van der Waals surface area contributed by atoms with Gasteiger partial charge in [-0.3, -0.25) is 4.79 Å². The number of ether oxygens (including phenoxy) is 1. The van der Waals surface area contributed by atoms with E-state index in [1.165, 1.54) is 19.2 Å². The molecule has 1 aliphatic rings. The van der Waals surface area contributed by atoms with Gasteiger partial charge in [-0.2, -0.15) is 16.9 Å². The minimum Gasteiger partial charge on any atom is -0.508 e. The standard InChI is InChI=1S/C25H32N2O6S2/c1-25(2,3)17-7-11-20(12-8-17)35(31,32)27-15-19(34)14-22(27)23(29)26-21(24(30)33-4)13-16-5-9-18(28)10-6-16/h5-12,19,21-22,28,34H,13-15H2,1-4H3,(H,26,29)/t19-,21?,22-/m0/s1. The van der Waals surface area contributed by atoms with E-state index < -0.39 is 34.0 Å². The molecule has 3 rings (SSSR count). The molecule has 1 amide bonds. The largest absolute Gasteiger partial charge is 0.508 e. The summed E-state index contributed by atoms with van der Waals surface area (Å²) in [6.07, 6.45) is 0.331. The highest BCUT2D eigenvalue weighted by Gasteiger charge is 2.43. The van der Waals surface area contributed by atoms with Gasteiger partial charge in [0.2, 0.25) is 15.9 Å². The maximum Gasteiger partial charge on any atom is 0.328 e. The van der Waals surface area contributed by atoms with Crippen LogP contribution in [0.1, 0.15) is 38.3 Å². The van der Waals surface area contributed by atoms with Gasteiger partial charge in [-0.05, 0) is 47.2 Å². The van der Waals surface area contributed by atoms with Crippen LogP contribution < -0.4 is 5.32 Å². The highest BCUT2D eigenvalue weighted by Crippen LogP contribution is 2.30. The molecule has 2 aromatic rings. The Kier molecular flexibility index (Phi) is 8.18. The van der Waals surface area contributed by atoms with Gasteiger partial charge >= 0.3 is 5.97 Å². The lowest BCUT2D eigenvalue weighted by molar-refractivity contribution is -0.145. The first-order valence-electron chi connectivity index (χ1n) is 11.3. The third-order valence-corrected chi connectivity index (χ3v) is 8.30. The van der Waals surface area contributed by atoms with E-state index >= 15 is 0 Å². The first-order valence-corrected chi connectivity index (χ1v) is 13.2. The van der Waals surface area contributed by atoms with Gasteiger partial charge in [-0.1, -0.05) is 45.0 Å². The third kappa shape index (κ3) is 6.36. The van der Waals surface area contributed by atoms with Crippen molar-refractivity contribution in [2.45, 2.75) is 61.3 Å². The number of benzene rings is 2. The lowest BCUT2D eigenvalue weighted by atomic mass is 9.87. The normalized spacial score (nSPS) is 19.8. The summed E-state index contributed by atoms with van der Waals surface area (Å²) in [6.45, 7) is 6.20. The van der Waals surface area contributed by atoms with Crippen LogP contribution in [-0.4, -0.2) is 60.7 Å². The molecule has 1 fully saturated rings. The van der Waals surface area contributed by atoms with E-state index in [0.717, 1.165) is 9.87 Å². The maximum atomic E-state index is 13.5. The molecule has 2 N–H and O–H groups in total. The van der Waals surface area contributed by atoms with Crippen LogP contribution in [0.5, 0.6) is 5.75 Å².